The SMILES string of the molecule is Cc1cn([C@H]2C[C@H](OP(=O)(O)OC[C@H]3O[C@@H](n4ccc(N)nc4=O)C[C@@H]3OP(=O)(O)OC[C@H]3O[C@@H](n4cc(C)c(=O)[nH]c4=O)C[C@@H]3OP(=O)(O)OC[C@H]3O[C@@H](n4cnc5c(=O)[nH]c(N)nc54)C[C@@H]3OP(=O)(O)OC[C@H]3O[C@@H](n4cc(C)c(=O)[nH]c4=O)C[C@@H]3O)[C@@H](CO)O2)c(=O)[nH]c1=O. The number of ether oxygens (including phenoxy) is 5. The van der Waals surface area contributed by atoms with Gasteiger partial charge in [0.25, 0.3) is 22.2 Å². The summed E-state index contributed by atoms with van der Waals surface area (Å²) in [5.74, 6) is -0.559. The van der Waals surface area contributed by atoms with Gasteiger partial charge in [-0.3, -0.25) is 98.1 Å². The molecule has 0 amide bonds. The highest BCUT2D eigenvalue weighted by Gasteiger charge is 2.50. The van der Waals surface area contributed by atoms with Crippen LogP contribution >= 0.6 is 31.3 Å². The number of rotatable bonds is 26. The molecule has 0 spiro atoms. The van der Waals surface area contributed by atoms with Gasteiger partial charge in [0.1, 0.15) is 91.9 Å². The number of anilines is 2. The molecule has 5 aliphatic heterocycles. The first kappa shape index (κ1) is 72.3. The number of aromatic amines is 4. The Hall–Kier alpha value is -6.97. The van der Waals surface area contributed by atoms with Crippen molar-refractivity contribution in [1.29, 1.82) is 0 Å². The molecule has 14 N–H and O–H groups in total. The number of nitrogens with two attached hydrogens (primary N) is 2. The number of fused-ring (bicyclic) bond motifs is 1. The maximum Gasteiger partial charge on any atom is 0.472 e. The molecule has 98 heavy (non-hydrogen) atoms. The summed E-state index contributed by atoms with van der Waals surface area (Å²) in [6.07, 6.45) is -18.8. The van der Waals surface area contributed by atoms with Crippen LogP contribution in [0.1, 0.15) is 79.9 Å². The zero-order valence-corrected chi connectivity index (χ0v) is 54.7. The summed E-state index contributed by atoms with van der Waals surface area (Å²) < 4.78 is 133. The monoisotopic (exact) mass is 1470 g/mol. The summed E-state index contributed by atoms with van der Waals surface area (Å²) >= 11 is 0. The molecule has 0 bridgehead atoms. The third kappa shape index (κ3) is 16.4. The van der Waals surface area contributed by atoms with Gasteiger partial charge in [-0.15, -0.1) is 0 Å². The number of hydrogen-bond donors (Lipinski definition) is 12. The van der Waals surface area contributed by atoms with E-state index in [4.69, 9.17) is 71.3 Å². The number of nitrogens with one attached hydrogen (secondary N) is 4. The fourth-order valence-electron chi connectivity index (χ4n) is 11.3. The Kier molecular flexibility index (Phi) is 21.1. The number of nitrogens with zero attached hydrogens (tertiary/aromatic N) is 8. The van der Waals surface area contributed by atoms with Gasteiger partial charge in [0.15, 0.2) is 11.2 Å². The van der Waals surface area contributed by atoms with Crippen LogP contribution in [0.15, 0.2) is 75.5 Å². The number of H-pyrrole nitrogens is 4. The van der Waals surface area contributed by atoms with Gasteiger partial charge < -0.3 is 64.9 Å². The molecule has 0 saturated carbocycles. The number of phosphoric acid groups is 4. The molecule has 5 fully saturated rings. The zero-order chi connectivity index (χ0) is 70.7. The highest BCUT2D eigenvalue weighted by Crippen LogP contribution is 2.55. The molecule has 6 aromatic heterocycles. The maximum absolute atomic E-state index is 14.2. The number of aryl methyl sites for hydroxylation is 3. The number of aliphatic hydroxyl groups excluding tert-OH is 2. The van der Waals surface area contributed by atoms with Crippen molar-refractivity contribution >= 4 is 54.2 Å². The van der Waals surface area contributed by atoms with Crippen LogP contribution in [0.3, 0.4) is 0 Å². The van der Waals surface area contributed by atoms with Crippen LogP contribution in [0.4, 0.5) is 11.8 Å². The van der Waals surface area contributed by atoms with Crippen molar-refractivity contribution in [2.75, 3.05) is 44.5 Å². The van der Waals surface area contributed by atoms with E-state index < -0.39 is 221 Å². The molecular weight excluding hydrogens is 1400 g/mol. The third-order valence-corrected chi connectivity index (χ3v) is 20.1. The Balaban J connectivity index is 0.784. The van der Waals surface area contributed by atoms with Gasteiger partial charge in [0, 0.05) is 73.6 Å². The van der Waals surface area contributed by atoms with Gasteiger partial charge in [0.2, 0.25) is 5.95 Å². The Morgan fingerprint density at radius 1 is 0.500 bits per heavy atom. The van der Waals surface area contributed by atoms with E-state index in [1.54, 1.807) is 0 Å². The van der Waals surface area contributed by atoms with Crippen LogP contribution in [-0.2, 0) is 78.1 Å². The Morgan fingerprint density at radius 3 is 1.27 bits per heavy atom. The van der Waals surface area contributed by atoms with Crippen molar-refractivity contribution < 1.29 is 108 Å². The molecule has 11 rings (SSSR count). The molecular formula is C49H64N14O31P4. The third-order valence-electron chi connectivity index (χ3n) is 16.1. The first-order valence-corrected chi connectivity index (χ1v) is 35.3. The van der Waals surface area contributed by atoms with E-state index in [-0.39, 0.29) is 52.5 Å². The van der Waals surface area contributed by atoms with E-state index in [1.165, 1.54) is 43.8 Å². The first-order valence-electron chi connectivity index (χ1n) is 29.3. The molecule has 45 nitrogen and oxygen atoms in total. The Bertz CT molecular complexity index is 4710. The second-order valence-electron chi connectivity index (χ2n) is 23.0. The molecule has 11 heterocycles. The zero-order valence-electron chi connectivity index (χ0n) is 51.1. The van der Waals surface area contributed by atoms with E-state index >= 15 is 0 Å². The summed E-state index contributed by atoms with van der Waals surface area (Å²) in [5, 5.41) is 20.9. The van der Waals surface area contributed by atoms with Crippen LogP contribution < -0.4 is 56.5 Å². The number of hydrogen-bond acceptors (Lipinski definition) is 32. The number of aromatic nitrogens is 12. The van der Waals surface area contributed by atoms with Crippen LogP contribution in [0.25, 0.3) is 11.2 Å². The van der Waals surface area contributed by atoms with Crippen LogP contribution in [-0.4, -0.2) is 182 Å². The molecule has 0 radical (unpaired) electrons. The summed E-state index contributed by atoms with van der Waals surface area (Å²) in [5.41, 5.74) is 4.58. The normalized spacial score (nSPS) is 29.8. The van der Waals surface area contributed by atoms with Crippen molar-refractivity contribution in [3.63, 3.8) is 0 Å². The molecule has 5 saturated heterocycles. The molecule has 19 atom stereocenters. The van der Waals surface area contributed by atoms with Crippen molar-refractivity contribution in [3.05, 3.63) is 137 Å². The molecule has 0 aliphatic carbocycles. The second-order valence-corrected chi connectivity index (χ2v) is 28.6. The summed E-state index contributed by atoms with van der Waals surface area (Å²) in [6, 6.07) is 1.20. The van der Waals surface area contributed by atoms with Gasteiger partial charge in [-0.2, -0.15) is 9.97 Å². The van der Waals surface area contributed by atoms with Gasteiger partial charge in [-0.25, -0.2) is 42.4 Å². The van der Waals surface area contributed by atoms with Gasteiger partial charge in [-0.05, 0) is 26.8 Å². The predicted molar refractivity (Wildman–Crippen MR) is 322 cm³/mol. The topological polar surface area (TPSA) is 625 Å². The smallest absolute Gasteiger partial charge is 0.394 e. The number of imidazole rings is 1. The first-order chi connectivity index (χ1) is 46.1. The van der Waals surface area contributed by atoms with E-state index in [0.29, 0.717) is 0 Å². The van der Waals surface area contributed by atoms with Crippen molar-refractivity contribution in [2.24, 2.45) is 0 Å². The van der Waals surface area contributed by atoms with Gasteiger partial charge in [-0.1, -0.05) is 0 Å². The highest BCUT2D eigenvalue weighted by molar-refractivity contribution is 7.48. The summed E-state index contributed by atoms with van der Waals surface area (Å²) in [6.45, 7) is -0.672. The summed E-state index contributed by atoms with van der Waals surface area (Å²) in [7, 11) is -21.7. The predicted octanol–water partition coefficient (Wildman–Crippen LogP) is -3.08. The lowest BCUT2D eigenvalue weighted by Gasteiger charge is -2.25. The van der Waals surface area contributed by atoms with E-state index in [2.05, 4.69) is 34.9 Å². The number of nitrogen functional groups attached to an aromatic ring is 2. The molecule has 4 unspecified atom stereocenters. The van der Waals surface area contributed by atoms with Crippen LogP contribution in [0.5, 0.6) is 0 Å². The van der Waals surface area contributed by atoms with Crippen LogP contribution in [0.2, 0.25) is 0 Å². The van der Waals surface area contributed by atoms with E-state index in [9.17, 15) is 86.4 Å². The minimum absolute atomic E-state index is 0.0224. The van der Waals surface area contributed by atoms with Crippen molar-refractivity contribution in [2.45, 2.75) is 145 Å². The van der Waals surface area contributed by atoms with Crippen molar-refractivity contribution in [1.82, 2.24) is 57.7 Å². The Labute approximate surface area is 545 Å². The summed E-state index contributed by atoms with van der Waals surface area (Å²) in [4.78, 5) is 166. The lowest BCUT2D eigenvalue weighted by molar-refractivity contribution is -0.0646. The highest BCUT2D eigenvalue weighted by atomic mass is 31.2. The fourth-order valence-corrected chi connectivity index (χ4v) is 15.1. The molecule has 6 aromatic rings. The molecule has 0 aromatic carbocycles. The second kappa shape index (κ2) is 28.6. The average Bonchev–Trinajstić information content (AvgIpc) is 1.64. The Morgan fingerprint density at radius 2 is 0.857 bits per heavy atom. The molecule has 536 valence electrons. The van der Waals surface area contributed by atoms with Gasteiger partial charge in [0.05, 0.1) is 45.5 Å². The number of phosphoric ester groups is 4. The fraction of sp³-hybridized carbons (Fsp3) is 0.571. The van der Waals surface area contributed by atoms with Crippen LogP contribution in [0, 0.1) is 20.8 Å². The van der Waals surface area contributed by atoms with Gasteiger partial charge >= 0.3 is 54.0 Å². The molecule has 49 heteroatoms. The largest absolute Gasteiger partial charge is 0.472 e. The standard InChI is InChI=1S/C49H64N14O31P4/c1-20-11-60(47(71)56-41(20)66)34-6-23(65)29(87-34)15-82-95(74,75)94-27-10-38(63-19-52-39-40(63)54-45(51)55-44(39)69)90-32(27)18-85-98(80,81)93-26-9-37(62-13-22(3)43(68)58-49(62)73)89-31(26)17-84-97(78,79)92-25-8-35(59-5-4-33(50)53-46(59)70)88-30(25)16-83-96(76,77)91-24-7-36(86-28(24)14-64)61-12-21(2)42(67)57-48(61)72/h4-5,11-13,19,23-32,34-38,64-65H,6-10,14-18H2,1-3H3,(H,74,75)(H,76,77)(H,78,79)(H,80,81)(H2,50,53,70)(H,56,66,71)(H,57,67,72)(H,58,68,73)(H3,51,54,55,69)/t23-,24-,25-,26-,27-,28+,29+,30+,31+,32+,34+,35+,36+,37+,38+/m0/s1. The minimum atomic E-state index is -5.56. The van der Waals surface area contributed by atoms with Crippen molar-refractivity contribution in [3.8, 4) is 0 Å². The lowest BCUT2D eigenvalue weighted by atomic mass is 10.2. The molecule has 5 aliphatic rings. The van der Waals surface area contributed by atoms with E-state index in [0.717, 1.165) is 37.0 Å². The average molecular weight is 1470 g/mol. The number of aliphatic hydroxyl groups is 2. The lowest BCUT2D eigenvalue weighted by Crippen LogP contribution is -2.33. The quantitative estimate of drug-likeness (QED) is 0.0240. The minimum Gasteiger partial charge on any atom is -0.394 e. The maximum atomic E-state index is 14.2. The van der Waals surface area contributed by atoms with E-state index in [1.807, 2.05) is 0 Å².